The van der Waals surface area contributed by atoms with E-state index in [2.05, 4.69) is 32.1 Å². The molecular formula is C11H20N6. The first-order chi connectivity index (χ1) is 8.11. The van der Waals surface area contributed by atoms with E-state index in [9.17, 15) is 0 Å². The van der Waals surface area contributed by atoms with Gasteiger partial charge in [0.2, 0.25) is 5.95 Å². The number of nitrogen functional groups attached to an aromatic ring is 1. The number of nitrogens with two attached hydrogens (primary N) is 1. The van der Waals surface area contributed by atoms with E-state index in [0.717, 1.165) is 37.6 Å². The number of nitrogens with one attached hydrogen (secondary N) is 1. The van der Waals surface area contributed by atoms with Crippen molar-refractivity contribution >= 4 is 17.6 Å². The quantitative estimate of drug-likeness (QED) is 0.762. The Balaban J connectivity index is 2.27. The molecule has 17 heavy (non-hydrogen) atoms. The maximum Gasteiger partial charge on any atom is 0.226 e. The van der Waals surface area contributed by atoms with Gasteiger partial charge >= 0.3 is 0 Å². The molecule has 2 rings (SSSR count). The predicted octanol–water partition coefficient (Wildman–Crippen LogP) is 0.161. The van der Waals surface area contributed by atoms with Crippen molar-refractivity contribution in [3.05, 3.63) is 5.56 Å². The topological polar surface area (TPSA) is 70.3 Å². The molecule has 3 N–H and O–H groups in total. The highest BCUT2D eigenvalue weighted by atomic mass is 15.3. The van der Waals surface area contributed by atoms with Gasteiger partial charge in [-0.15, -0.1) is 0 Å². The molecular weight excluding hydrogens is 216 g/mol. The number of piperazine rings is 1. The first-order valence-corrected chi connectivity index (χ1v) is 5.87. The van der Waals surface area contributed by atoms with Crippen LogP contribution in [-0.2, 0) is 0 Å². The smallest absolute Gasteiger partial charge is 0.226 e. The van der Waals surface area contributed by atoms with Crippen molar-refractivity contribution in [2.24, 2.45) is 0 Å². The van der Waals surface area contributed by atoms with Crippen LogP contribution in [0.5, 0.6) is 0 Å². The number of nitrogens with zero attached hydrogens (tertiary/aromatic N) is 4. The molecule has 6 nitrogen and oxygen atoms in total. The molecule has 94 valence electrons. The second-order valence-electron chi connectivity index (χ2n) is 4.42. The third-order valence-electron chi connectivity index (χ3n) is 3.18. The first-order valence-electron chi connectivity index (χ1n) is 5.87. The van der Waals surface area contributed by atoms with Crippen molar-refractivity contribution in [3.8, 4) is 0 Å². The van der Waals surface area contributed by atoms with Gasteiger partial charge in [0.15, 0.2) is 0 Å². The molecule has 0 saturated carbocycles. The Morgan fingerprint density at radius 3 is 2.41 bits per heavy atom. The molecule has 6 heteroatoms. The SMILES string of the molecule is CNc1nc(N)c(C)c(N2CCN(C)CC2)n1. The number of rotatable bonds is 2. The van der Waals surface area contributed by atoms with Crippen LogP contribution in [0.15, 0.2) is 0 Å². The minimum atomic E-state index is 0.554. The van der Waals surface area contributed by atoms with Gasteiger partial charge in [-0.05, 0) is 14.0 Å². The average molecular weight is 236 g/mol. The van der Waals surface area contributed by atoms with E-state index < -0.39 is 0 Å². The molecule has 0 unspecified atom stereocenters. The largest absolute Gasteiger partial charge is 0.383 e. The molecule has 0 spiro atoms. The molecule has 0 aromatic carbocycles. The van der Waals surface area contributed by atoms with Gasteiger partial charge in [0.1, 0.15) is 11.6 Å². The van der Waals surface area contributed by atoms with Crippen LogP contribution in [0.3, 0.4) is 0 Å². The van der Waals surface area contributed by atoms with E-state index in [4.69, 9.17) is 5.73 Å². The third-order valence-corrected chi connectivity index (χ3v) is 3.18. The standard InChI is InChI=1S/C11H20N6/c1-8-9(12)14-11(13-2)15-10(8)17-6-4-16(3)5-7-17/h4-7H2,1-3H3,(H3,12,13,14,15). The molecule has 0 radical (unpaired) electrons. The molecule has 1 aromatic rings. The molecule has 0 amide bonds. The van der Waals surface area contributed by atoms with Crippen molar-refractivity contribution in [3.63, 3.8) is 0 Å². The summed E-state index contributed by atoms with van der Waals surface area (Å²) in [4.78, 5) is 13.3. The summed E-state index contributed by atoms with van der Waals surface area (Å²) in [6, 6.07) is 0. The van der Waals surface area contributed by atoms with Gasteiger partial charge in [0.25, 0.3) is 0 Å². The first kappa shape index (κ1) is 11.9. The van der Waals surface area contributed by atoms with Gasteiger partial charge in [0, 0.05) is 38.8 Å². The molecule has 1 aliphatic heterocycles. The number of anilines is 3. The van der Waals surface area contributed by atoms with Gasteiger partial charge in [-0.1, -0.05) is 0 Å². The van der Waals surface area contributed by atoms with Crippen LogP contribution >= 0.6 is 0 Å². The normalized spacial score (nSPS) is 17.2. The van der Waals surface area contributed by atoms with E-state index in [0.29, 0.717) is 11.8 Å². The minimum absolute atomic E-state index is 0.554. The number of likely N-dealkylation sites (N-methyl/N-ethyl adjacent to an activating group) is 1. The zero-order valence-corrected chi connectivity index (χ0v) is 10.7. The maximum absolute atomic E-state index is 5.90. The molecule has 0 bridgehead atoms. The second-order valence-corrected chi connectivity index (χ2v) is 4.42. The lowest BCUT2D eigenvalue weighted by Gasteiger charge is -2.34. The Labute approximate surface area is 102 Å². The summed E-state index contributed by atoms with van der Waals surface area (Å²) in [5.74, 6) is 2.09. The Morgan fingerprint density at radius 1 is 1.18 bits per heavy atom. The van der Waals surface area contributed by atoms with Crippen LogP contribution < -0.4 is 16.0 Å². The van der Waals surface area contributed by atoms with Gasteiger partial charge in [-0.3, -0.25) is 0 Å². The van der Waals surface area contributed by atoms with Crippen LogP contribution in [0.4, 0.5) is 17.6 Å². The molecule has 1 aromatic heterocycles. The zero-order chi connectivity index (χ0) is 12.4. The minimum Gasteiger partial charge on any atom is -0.383 e. The van der Waals surface area contributed by atoms with Crippen LogP contribution in [0, 0.1) is 6.92 Å². The lowest BCUT2D eigenvalue weighted by Crippen LogP contribution is -2.45. The number of aromatic nitrogens is 2. The Kier molecular flexibility index (Phi) is 3.33. The van der Waals surface area contributed by atoms with E-state index >= 15 is 0 Å². The Morgan fingerprint density at radius 2 is 1.82 bits per heavy atom. The van der Waals surface area contributed by atoms with Crippen molar-refractivity contribution in [2.45, 2.75) is 6.92 Å². The highest BCUT2D eigenvalue weighted by Gasteiger charge is 2.19. The lowest BCUT2D eigenvalue weighted by molar-refractivity contribution is 0.312. The molecule has 2 heterocycles. The Bertz CT molecular complexity index is 397. The second kappa shape index (κ2) is 4.75. The van der Waals surface area contributed by atoms with Gasteiger partial charge in [-0.2, -0.15) is 9.97 Å². The third kappa shape index (κ3) is 2.41. The molecule has 0 atom stereocenters. The van der Waals surface area contributed by atoms with Crippen LogP contribution in [0.1, 0.15) is 5.56 Å². The van der Waals surface area contributed by atoms with E-state index in [1.54, 1.807) is 7.05 Å². The molecule has 1 saturated heterocycles. The van der Waals surface area contributed by atoms with Gasteiger partial charge < -0.3 is 20.9 Å². The van der Waals surface area contributed by atoms with E-state index in [1.807, 2.05) is 6.92 Å². The molecule has 1 aliphatic rings. The highest BCUT2D eigenvalue weighted by Crippen LogP contribution is 2.23. The van der Waals surface area contributed by atoms with Crippen LogP contribution in [0.25, 0.3) is 0 Å². The van der Waals surface area contributed by atoms with Gasteiger partial charge in [0.05, 0.1) is 0 Å². The molecule has 0 aliphatic carbocycles. The summed E-state index contributed by atoms with van der Waals surface area (Å²) in [7, 11) is 3.94. The van der Waals surface area contributed by atoms with Crippen molar-refractivity contribution in [1.29, 1.82) is 0 Å². The fourth-order valence-corrected chi connectivity index (χ4v) is 1.96. The van der Waals surface area contributed by atoms with E-state index in [1.165, 1.54) is 0 Å². The van der Waals surface area contributed by atoms with Crippen LogP contribution in [-0.4, -0.2) is 55.1 Å². The zero-order valence-electron chi connectivity index (χ0n) is 10.7. The monoisotopic (exact) mass is 236 g/mol. The van der Waals surface area contributed by atoms with Crippen LogP contribution in [0.2, 0.25) is 0 Å². The number of hydrogen-bond acceptors (Lipinski definition) is 6. The summed E-state index contributed by atoms with van der Waals surface area (Å²) < 4.78 is 0. The predicted molar refractivity (Wildman–Crippen MR) is 70.4 cm³/mol. The van der Waals surface area contributed by atoms with Crippen molar-refractivity contribution in [1.82, 2.24) is 14.9 Å². The average Bonchev–Trinajstić information content (AvgIpc) is 2.34. The Hall–Kier alpha value is -1.56. The molecule has 1 fully saturated rings. The maximum atomic E-state index is 5.90. The summed E-state index contributed by atoms with van der Waals surface area (Å²) in [6.07, 6.45) is 0. The summed E-state index contributed by atoms with van der Waals surface area (Å²) >= 11 is 0. The fourth-order valence-electron chi connectivity index (χ4n) is 1.96. The van der Waals surface area contributed by atoms with E-state index in [-0.39, 0.29) is 0 Å². The fraction of sp³-hybridized carbons (Fsp3) is 0.636. The summed E-state index contributed by atoms with van der Waals surface area (Å²) in [5.41, 5.74) is 6.87. The summed E-state index contributed by atoms with van der Waals surface area (Å²) in [6.45, 7) is 6.05. The lowest BCUT2D eigenvalue weighted by atomic mass is 10.2. The van der Waals surface area contributed by atoms with Crippen molar-refractivity contribution < 1.29 is 0 Å². The van der Waals surface area contributed by atoms with Gasteiger partial charge in [-0.25, -0.2) is 0 Å². The summed E-state index contributed by atoms with van der Waals surface area (Å²) in [5, 5.41) is 2.94. The highest BCUT2D eigenvalue weighted by molar-refractivity contribution is 5.59. The van der Waals surface area contributed by atoms with Crippen molar-refractivity contribution in [2.75, 3.05) is 56.2 Å². The number of hydrogen-bond donors (Lipinski definition) is 2.